The van der Waals surface area contributed by atoms with Crippen molar-refractivity contribution in [3.63, 3.8) is 0 Å². The van der Waals surface area contributed by atoms with E-state index in [0.717, 1.165) is 19.5 Å². The number of nitro benzene ring substituents is 1. The second-order valence-corrected chi connectivity index (χ2v) is 6.92. The first kappa shape index (κ1) is 16.6. The number of carbonyl (C=O) groups is 1. The van der Waals surface area contributed by atoms with Gasteiger partial charge < -0.3 is 5.32 Å². The molecule has 7 heteroatoms. The Kier molecular flexibility index (Phi) is 4.92. The van der Waals surface area contributed by atoms with Crippen LogP contribution < -0.4 is 5.32 Å². The molecule has 126 valence electrons. The average Bonchev–Trinajstić information content (AvgIpc) is 3.06. The number of nitro groups is 1. The predicted octanol–water partition coefficient (Wildman–Crippen LogP) is 2.83. The summed E-state index contributed by atoms with van der Waals surface area (Å²) in [6, 6.07) is 8.35. The van der Waals surface area contributed by atoms with E-state index in [9.17, 15) is 14.9 Å². The van der Waals surface area contributed by atoms with Crippen molar-refractivity contribution in [3.8, 4) is 0 Å². The zero-order valence-corrected chi connectivity index (χ0v) is 14.2. The fourth-order valence-electron chi connectivity index (χ4n) is 2.94. The molecule has 1 aromatic heterocycles. The molecule has 1 aliphatic heterocycles. The number of thiophene rings is 1. The molecule has 0 unspecified atom stereocenters. The number of hydrogen-bond acceptors (Lipinski definition) is 5. The molecule has 3 rings (SSSR count). The Labute approximate surface area is 144 Å². The summed E-state index contributed by atoms with van der Waals surface area (Å²) in [4.78, 5) is 26.6. The Bertz CT molecular complexity index is 759. The van der Waals surface area contributed by atoms with Crippen LogP contribution in [0.25, 0.3) is 0 Å². The van der Waals surface area contributed by atoms with E-state index in [2.05, 4.69) is 28.6 Å². The number of nitrogens with one attached hydrogen (secondary N) is 1. The third kappa shape index (κ3) is 3.47. The van der Waals surface area contributed by atoms with Crippen molar-refractivity contribution in [1.82, 2.24) is 10.2 Å². The number of nitrogens with zero attached hydrogens (tertiary/aromatic N) is 2. The summed E-state index contributed by atoms with van der Waals surface area (Å²) in [6.07, 6.45) is 1.04. The Hall–Kier alpha value is -2.25. The lowest BCUT2D eigenvalue weighted by Gasteiger charge is -2.32. The van der Waals surface area contributed by atoms with Gasteiger partial charge in [-0.15, -0.1) is 11.3 Å². The van der Waals surface area contributed by atoms with E-state index in [1.165, 1.54) is 22.6 Å². The van der Waals surface area contributed by atoms with Crippen molar-refractivity contribution in [1.29, 1.82) is 0 Å². The number of benzene rings is 1. The molecule has 0 bridgehead atoms. The molecule has 0 radical (unpaired) electrons. The third-order valence-electron chi connectivity index (χ3n) is 4.36. The molecule has 1 atom stereocenters. The fraction of sp³-hybridized carbons (Fsp3) is 0.353. The number of rotatable bonds is 5. The van der Waals surface area contributed by atoms with Gasteiger partial charge in [-0.2, -0.15) is 0 Å². The zero-order valence-electron chi connectivity index (χ0n) is 13.4. The maximum atomic E-state index is 12.3. The molecular formula is C17H19N3O3S. The predicted molar refractivity (Wildman–Crippen MR) is 93.3 cm³/mol. The normalized spacial score (nSPS) is 15.5. The molecule has 0 fully saturated rings. The highest BCUT2D eigenvalue weighted by atomic mass is 32.1. The first-order valence-electron chi connectivity index (χ1n) is 7.87. The van der Waals surface area contributed by atoms with Crippen LogP contribution in [0.3, 0.4) is 0 Å². The largest absolute Gasteiger partial charge is 0.350 e. The first-order chi connectivity index (χ1) is 11.6. The van der Waals surface area contributed by atoms with Crippen LogP contribution in [-0.2, 0) is 13.0 Å². The van der Waals surface area contributed by atoms with Gasteiger partial charge in [-0.3, -0.25) is 19.8 Å². The number of fused-ring (bicyclic) bond motifs is 1. The van der Waals surface area contributed by atoms with Crippen molar-refractivity contribution < 1.29 is 9.72 Å². The minimum atomic E-state index is -0.527. The van der Waals surface area contributed by atoms with Crippen LogP contribution in [-0.4, -0.2) is 34.9 Å². The van der Waals surface area contributed by atoms with E-state index in [-0.39, 0.29) is 17.3 Å². The highest BCUT2D eigenvalue weighted by Crippen LogP contribution is 2.25. The van der Waals surface area contributed by atoms with Gasteiger partial charge in [0.15, 0.2) is 0 Å². The Morgan fingerprint density at radius 2 is 2.21 bits per heavy atom. The van der Waals surface area contributed by atoms with Crippen molar-refractivity contribution in [2.75, 3.05) is 13.1 Å². The van der Waals surface area contributed by atoms with Gasteiger partial charge in [0.05, 0.1) is 4.92 Å². The molecule has 0 spiro atoms. The van der Waals surface area contributed by atoms with E-state index in [0.29, 0.717) is 6.54 Å². The smallest absolute Gasteiger partial charge is 0.282 e. The van der Waals surface area contributed by atoms with E-state index >= 15 is 0 Å². The second kappa shape index (κ2) is 7.11. The molecular weight excluding hydrogens is 326 g/mol. The quantitative estimate of drug-likeness (QED) is 0.668. The van der Waals surface area contributed by atoms with E-state index in [1.54, 1.807) is 23.5 Å². The van der Waals surface area contributed by atoms with Crippen LogP contribution in [0.5, 0.6) is 0 Å². The third-order valence-corrected chi connectivity index (χ3v) is 5.39. The molecule has 2 heterocycles. The Balaban J connectivity index is 1.60. The van der Waals surface area contributed by atoms with Crippen molar-refractivity contribution >= 4 is 22.9 Å². The van der Waals surface area contributed by atoms with Crippen LogP contribution in [0.15, 0.2) is 35.7 Å². The minimum absolute atomic E-state index is 0.105. The lowest BCUT2D eigenvalue weighted by molar-refractivity contribution is -0.385. The number of amides is 1. The molecule has 2 aromatic rings. The van der Waals surface area contributed by atoms with Crippen LogP contribution in [0.4, 0.5) is 5.69 Å². The molecule has 6 nitrogen and oxygen atoms in total. The van der Waals surface area contributed by atoms with Crippen LogP contribution in [0, 0.1) is 10.1 Å². The second-order valence-electron chi connectivity index (χ2n) is 5.92. The fourth-order valence-corrected chi connectivity index (χ4v) is 3.83. The van der Waals surface area contributed by atoms with Gasteiger partial charge in [0.25, 0.3) is 11.6 Å². The van der Waals surface area contributed by atoms with Gasteiger partial charge in [0.2, 0.25) is 0 Å². The standard InChI is InChI=1S/C17H19N3O3S/c1-12(19-8-6-16-13(11-19)7-9-24-16)10-18-17(21)14-4-2-3-5-15(14)20(22)23/h2-5,7,9,12H,6,8,10-11H2,1H3,(H,18,21)/t12-/m0/s1. The molecule has 1 amide bonds. The van der Waals surface area contributed by atoms with Gasteiger partial charge >= 0.3 is 0 Å². The summed E-state index contributed by atoms with van der Waals surface area (Å²) in [6.45, 7) is 4.39. The summed E-state index contributed by atoms with van der Waals surface area (Å²) in [5.41, 5.74) is 1.31. The highest BCUT2D eigenvalue weighted by Gasteiger charge is 2.23. The average molecular weight is 345 g/mol. The maximum Gasteiger partial charge on any atom is 0.282 e. The van der Waals surface area contributed by atoms with E-state index in [4.69, 9.17) is 0 Å². The zero-order chi connectivity index (χ0) is 17.1. The van der Waals surface area contributed by atoms with Gasteiger partial charge in [-0.1, -0.05) is 12.1 Å². The van der Waals surface area contributed by atoms with Crippen LogP contribution in [0.1, 0.15) is 27.7 Å². The van der Waals surface area contributed by atoms with Crippen LogP contribution in [0.2, 0.25) is 0 Å². The summed E-state index contributed by atoms with van der Waals surface area (Å²) >= 11 is 1.80. The molecule has 24 heavy (non-hydrogen) atoms. The van der Waals surface area contributed by atoms with Gasteiger partial charge in [-0.25, -0.2) is 0 Å². The van der Waals surface area contributed by atoms with Crippen molar-refractivity contribution in [2.24, 2.45) is 0 Å². The number of hydrogen-bond donors (Lipinski definition) is 1. The summed E-state index contributed by atoms with van der Waals surface area (Å²) in [7, 11) is 0. The molecule has 0 saturated heterocycles. The molecule has 1 aromatic carbocycles. The molecule has 1 aliphatic rings. The summed E-state index contributed by atoms with van der Waals surface area (Å²) in [5.74, 6) is -0.401. The van der Waals surface area contributed by atoms with Gasteiger partial charge in [0.1, 0.15) is 5.56 Å². The number of carbonyl (C=O) groups excluding carboxylic acids is 1. The van der Waals surface area contributed by atoms with Crippen LogP contribution >= 0.6 is 11.3 Å². The first-order valence-corrected chi connectivity index (χ1v) is 8.75. The Morgan fingerprint density at radius 3 is 3.00 bits per heavy atom. The molecule has 0 saturated carbocycles. The SMILES string of the molecule is C[C@@H](CNC(=O)c1ccccc1[N+](=O)[O-])N1CCc2sccc2C1. The summed E-state index contributed by atoms with van der Waals surface area (Å²) in [5, 5.41) is 16.0. The van der Waals surface area contributed by atoms with E-state index in [1.807, 2.05) is 0 Å². The minimum Gasteiger partial charge on any atom is -0.350 e. The molecule has 0 aliphatic carbocycles. The van der Waals surface area contributed by atoms with Gasteiger partial charge in [0, 0.05) is 36.6 Å². The monoisotopic (exact) mass is 345 g/mol. The van der Waals surface area contributed by atoms with Crippen molar-refractivity contribution in [2.45, 2.75) is 25.9 Å². The lowest BCUT2D eigenvalue weighted by atomic mass is 10.1. The lowest BCUT2D eigenvalue weighted by Crippen LogP contribution is -2.44. The maximum absolute atomic E-state index is 12.3. The summed E-state index contributed by atoms with van der Waals surface area (Å²) < 4.78 is 0. The number of para-hydroxylation sites is 1. The topological polar surface area (TPSA) is 75.5 Å². The van der Waals surface area contributed by atoms with E-state index < -0.39 is 10.8 Å². The van der Waals surface area contributed by atoms with Gasteiger partial charge in [-0.05, 0) is 36.4 Å². The Morgan fingerprint density at radius 1 is 1.42 bits per heavy atom. The highest BCUT2D eigenvalue weighted by molar-refractivity contribution is 7.10. The van der Waals surface area contributed by atoms with Crippen molar-refractivity contribution in [3.05, 3.63) is 61.8 Å². The molecule has 1 N–H and O–H groups in total.